The molecule has 1 saturated heterocycles. The van der Waals surface area contributed by atoms with Crippen LogP contribution in [0.4, 0.5) is 18.0 Å². The molecule has 1 aliphatic heterocycles. The van der Waals surface area contributed by atoms with Gasteiger partial charge in [0.15, 0.2) is 0 Å². The number of aliphatic carboxylic acids is 1. The number of hydrogen-bond donors (Lipinski definition) is 1. The molecule has 1 aliphatic carbocycles. The largest absolute Gasteiger partial charge is 0.480 e. The Balaban J connectivity index is 1.37. The Labute approximate surface area is 276 Å². The van der Waals surface area contributed by atoms with E-state index in [9.17, 15) is 37.5 Å². The summed E-state index contributed by atoms with van der Waals surface area (Å²) >= 11 is 0. The number of hydrogen-bond acceptors (Lipinski definition) is 5. The van der Waals surface area contributed by atoms with Crippen LogP contribution in [0, 0.1) is 5.92 Å². The SMILES string of the molecule is CC1CCN([C@@H](Cc2ccc(C(F)(F)F)cc2)C(=O)N(C)CC(=O)O)C(=O)[C@@H](N(C)C(=O)OCC2c3ccccc3-c3ccccc32)C1. The van der Waals surface area contributed by atoms with Gasteiger partial charge in [-0.3, -0.25) is 19.3 Å². The first-order chi connectivity index (χ1) is 22.8. The minimum absolute atomic E-state index is 0.0358. The molecule has 254 valence electrons. The average molecular weight is 666 g/mol. The summed E-state index contributed by atoms with van der Waals surface area (Å²) in [6.45, 7) is 1.47. The molecular formula is C36H38F3N3O6. The third-order valence-corrected chi connectivity index (χ3v) is 9.27. The number of rotatable bonds is 9. The van der Waals surface area contributed by atoms with Crippen LogP contribution in [0.3, 0.4) is 0 Å². The van der Waals surface area contributed by atoms with Crippen LogP contribution >= 0.6 is 0 Å². The number of fused-ring (bicyclic) bond motifs is 3. The van der Waals surface area contributed by atoms with Crippen molar-refractivity contribution in [1.29, 1.82) is 0 Å². The van der Waals surface area contributed by atoms with Gasteiger partial charge >= 0.3 is 18.2 Å². The Morgan fingerprint density at radius 2 is 1.54 bits per heavy atom. The van der Waals surface area contributed by atoms with Crippen LogP contribution in [0.15, 0.2) is 72.8 Å². The highest BCUT2D eigenvalue weighted by Crippen LogP contribution is 2.44. The highest BCUT2D eigenvalue weighted by atomic mass is 19.4. The molecule has 0 saturated carbocycles. The highest BCUT2D eigenvalue weighted by molar-refractivity contribution is 5.92. The Morgan fingerprint density at radius 3 is 2.10 bits per heavy atom. The van der Waals surface area contributed by atoms with Gasteiger partial charge in [-0.05, 0) is 58.7 Å². The second-order valence-electron chi connectivity index (χ2n) is 12.6. The van der Waals surface area contributed by atoms with Gasteiger partial charge in [-0.2, -0.15) is 13.2 Å². The zero-order valence-electron chi connectivity index (χ0n) is 26.9. The van der Waals surface area contributed by atoms with Crippen molar-refractivity contribution < 1.29 is 42.2 Å². The summed E-state index contributed by atoms with van der Waals surface area (Å²) in [6, 6.07) is 17.9. The van der Waals surface area contributed by atoms with Crippen molar-refractivity contribution in [3.63, 3.8) is 0 Å². The fourth-order valence-corrected chi connectivity index (χ4v) is 6.64. The average Bonchev–Trinajstić information content (AvgIpc) is 3.29. The van der Waals surface area contributed by atoms with Crippen LogP contribution in [-0.2, 0) is 31.7 Å². The van der Waals surface area contributed by atoms with Crippen LogP contribution in [0.5, 0.6) is 0 Å². The molecule has 5 rings (SSSR count). The molecule has 1 fully saturated rings. The number of alkyl halides is 3. The van der Waals surface area contributed by atoms with Crippen molar-refractivity contribution in [3.05, 3.63) is 95.1 Å². The van der Waals surface area contributed by atoms with Crippen LogP contribution in [0.1, 0.15) is 47.9 Å². The molecule has 3 atom stereocenters. The van der Waals surface area contributed by atoms with E-state index in [1.54, 1.807) is 0 Å². The molecule has 0 spiro atoms. The number of likely N-dealkylation sites (tertiary alicyclic amines) is 1. The maximum Gasteiger partial charge on any atom is 0.416 e. The fraction of sp³-hybridized carbons (Fsp3) is 0.389. The Bertz CT molecular complexity index is 1630. The second-order valence-corrected chi connectivity index (χ2v) is 12.6. The van der Waals surface area contributed by atoms with E-state index in [-0.39, 0.29) is 31.4 Å². The number of amides is 3. The first kappa shape index (κ1) is 34.5. The molecule has 1 unspecified atom stereocenters. The predicted octanol–water partition coefficient (Wildman–Crippen LogP) is 5.67. The van der Waals surface area contributed by atoms with Gasteiger partial charge in [-0.25, -0.2) is 4.79 Å². The van der Waals surface area contributed by atoms with Crippen molar-refractivity contribution >= 4 is 23.9 Å². The molecule has 0 aromatic heterocycles. The monoisotopic (exact) mass is 665 g/mol. The van der Waals surface area contributed by atoms with E-state index < -0.39 is 54.2 Å². The van der Waals surface area contributed by atoms with Crippen molar-refractivity contribution in [3.8, 4) is 11.1 Å². The lowest BCUT2D eigenvalue weighted by Crippen LogP contribution is -2.56. The Morgan fingerprint density at radius 1 is 0.958 bits per heavy atom. The second kappa shape index (κ2) is 14.1. The third-order valence-electron chi connectivity index (χ3n) is 9.27. The number of halogens is 3. The molecule has 12 heteroatoms. The minimum Gasteiger partial charge on any atom is -0.480 e. The number of likely N-dealkylation sites (N-methyl/N-ethyl adjacent to an activating group) is 2. The summed E-state index contributed by atoms with van der Waals surface area (Å²) in [5.41, 5.74) is 3.72. The van der Waals surface area contributed by atoms with Gasteiger partial charge in [0.2, 0.25) is 11.8 Å². The van der Waals surface area contributed by atoms with Gasteiger partial charge in [-0.15, -0.1) is 0 Å². The van der Waals surface area contributed by atoms with E-state index in [0.29, 0.717) is 18.4 Å². The molecular weight excluding hydrogens is 627 g/mol. The zero-order chi connectivity index (χ0) is 34.7. The van der Waals surface area contributed by atoms with E-state index in [1.807, 2.05) is 55.5 Å². The molecule has 0 radical (unpaired) electrons. The van der Waals surface area contributed by atoms with Crippen molar-refractivity contribution in [2.75, 3.05) is 33.8 Å². The Hall–Kier alpha value is -4.87. The van der Waals surface area contributed by atoms with Gasteiger partial charge in [0.1, 0.15) is 25.2 Å². The lowest BCUT2D eigenvalue weighted by Gasteiger charge is -2.36. The first-order valence-electron chi connectivity index (χ1n) is 15.8. The van der Waals surface area contributed by atoms with Gasteiger partial charge in [0.25, 0.3) is 0 Å². The maximum absolute atomic E-state index is 14.2. The van der Waals surface area contributed by atoms with Gasteiger partial charge < -0.3 is 19.6 Å². The van der Waals surface area contributed by atoms with Gasteiger partial charge in [-0.1, -0.05) is 67.6 Å². The number of benzene rings is 3. The number of nitrogens with zero attached hydrogens (tertiary/aromatic N) is 3. The van der Waals surface area contributed by atoms with Crippen LogP contribution < -0.4 is 0 Å². The number of carboxylic acids is 1. The predicted molar refractivity (Wildman–Crippen MR) is 171 cm³/mol. The van der Waals surface area contributed by atoms with Crippen molar-refractivity contribution in [1.82, 2.24) is 14.7 Å². The van der Waals surface area contributed by atoms with E-state index in [1.165, 1.54) is 36.0 Å². The standard InChI is InChI=1S/C36H38F3N3O6/c1-22-16-17-42(31(33(45)40(2)20-32(43)44)19-23-12-14-24(15-13-23)36(37,38)39)34(46)30(18-22)41(3)35(47)48-21-29-27-10-6-4-8-25(27)26-9-5-7-11-28(26)29/h4-15,22,29-31H,16-21H2,1-3H3,(H,43,44)/t22?,30-,31-/m0/s1. The summed E-state index contributed by atoms with van der Waals surface area (Å²) in [7, 11) is 2.77. The number of carbonyl (C=O) groups excluding carboxylic acids is 3. The number of carboxylic acid groups (broad SMARTS) is 1. The number of carbonyl (C=O) groups is 4. The third kappa shape index (κ3) is 7.32. The normalized spacial score (nSPS) is 18.4. The smallest absolute Gasteiger partial charge is 0.416 e. The summed E-state index contributed by atoms with van der Waals surface area (Å²) in [5, 5.41) is 9.33. The lowest BCUT2D eigenvalue weighted by molar-refractivity contribution is -0.150. The molecule has 0 bridgehead atoms. The molecule has 3 aromatic rings. The summed E-state index contributed by atoms with van der Waals surface area (Å²) in [4.78, 5) is 56.4. The topological polar surface area (TPSA) is 107 Å². The molecule has 2 aliphatic rings. The fourth-order valence-electron chi connectivity index (χ4n) is 6.64. The molecule has 9 nitrogen and oxygen atoms in total. The van der Waals surface area contributed by atoms with E-state index in [2.05, 4.69) is 0 Å². The Kier molecular flexibility index (Phi) is 10.1. The number of ether oxygens (including phenoxy) is 1. The minimum atomic E-state index is -4.55. The molecule has 1 heterocycles. The summed E-state index contributed by atoms with van der Waals surface area (Å²) in [6.07, 6.45) is -4.63. The molecule has 48 heavy (non-hydrogen) atoms. The zero-order valence-corrected chi connectivity index (χ0v) is 26.9. The van der Waals surface area contributed by atoms with Gasteiger partial charge in [0.05, 0.1) is 5.56 Å². The first-order valence-corrected chi connectivity index (χ1v) is 15.8. The maximum atomic E-state index is 14.2. The quantitative estimate of drug-likeness (QED) is 0.316. The van der Waals surface area contributed by atoms with Crippen LogP contribution in [-0.4, -0.2) is 89.6 Å². The van der Waals surface area contributed by atoms with Crippen molar-refractivity contribution in [2.24, 2.45) is 5.92 Å². The van der Waals surface area contributed by atoms with E-state index >= 15 is 0 Å². The van der Waals surface area contributed by atoms with E-state index in [4.69, 9.17) is 4.74 Å². The van der Waals surface area contributed by atoms with Crippen molar-refractivity contribution in [2.45, 2.75) is 50.4 Å². The van der Waals surface area contributed by atoms with Gasteiger partial charge in [0, 0.05) is 33.0 Å². The molecule has 3 aromatic carbocycles. The molecule has 3 amide bonds. The highest BCUT2D eigenvalue weighted by Gasteiger charge is 2.41. The van der Waals surface area contributed by atoms with Crippen LogP contribution in [0.2, 0.25) is 0 Å². The van der Waals surface area contributed by atoms with E-state index in [0.717, 1.165) is 39.3 Å². The lowest BCUT2D eigenvalue weighted by atomic mass is 9.98. The van der Waals surface area contributed by atoms with Crippen LogP contribution in [0.25, 0.3) is 11.1 Å². The molecule has 1 N–H and O–H groups in total. The summed E-state index contributed by atoms with van der Waals surface area (Å²) in [5.74, 6) is -2.69. The summed E-state index contributed by atoms with van der Waals surface area (Å²) < 4.78 is 45.4.